The van der Waals surface area contributed by atoms with Crippen LogP contribution in [0.5, 0.6) is 0 Å². The molecule has 0 bridgehead atoms. The number of hydrogen-bond acceptors (Lipinski definition) is 2. The second kappa shape index (κ2) is 5.17. The first kappa shape index (κ1) is 12.6. The molecule has 1 aromatic carbocycles. The summed E-state index contributed by atoms with van der Waals surface area (Å²) in [7, 11) is 6.21. The molecule has 0 aliphatic rings. The van der Waals surface area contributed by atoms with Crippen molar-refractivity contribution in [3.63, 3.8) is 0 Å². The Morgan fingerprint density at radius 3 is 2.61 bits per heavy atom. The summed E-state index contributed by atoms with van der Waals surface area (Å²) in [6.45, 7) is 2.98. The molecule has 0 amide bonds. The summed E-state index contributed by atoms with van der Waals surface area (Å²) in [4.78, 5) is 2.14. The molecule has 0 spiro atoms. The smallest absolute Gasteiger partial charge is 0.0553 e. The third-order valence-electron chi connectivity index (χ3n) is 3.22. The van der Waals surface area contributed by atoms with Gasteiger partial charge in [-0.05, 0) is 36.8 Å². The number of aryl methyl sites for hydroxylation is 2. The number of anilines is 2. The second-order valence-electron chi connectivity index (χ2n) is 4.86. The average Bonchev–Trinajstić information content (AvgIpc) is 2.73. The summed E-state index contributed by atoms with van der Waals surface area (Å²) in [6, 6.07) is 10.7. The normalized spacial score (nSPS) is 10.4. The van der Waals surface area contributed by atoms with Crippen molar-refractivity contribution < 1.29 is 0 Å². The highest BCUT2D eigenvalue weighted by Gasteiger charge is 2.03. The van der Waals surface area contributed by atoms with Crippen molar-refractivity contribution in [1.82, 2.24) is 4.57 Å². The van der Waals surface area contributed by atoms with Crippen LogP contribution in [0.1, 0.15) is 11.3 Å². The van der Waals surface area contributed by atoms with Gasteiger partial charge < -0.3 is 14.8 Å². The fourth-order valence-electron chi connectivity index (χ4n) is 2.07. The maximum absolute atomic E-state index is 3.46. The summed E-state index contributed by atoms with van der Waals surface area (Å²) < 4.78 is 2.13. The first-order valence-corrected chi connectivity index (χ1v) is 6.20. The largest absolute Gasteiger partial charge is 0.379 e. The number of rotatable bonds is 4. The second-order valence-corrected chi connectivity index (χ2v) is 4.86. The number of aromatic nitrogens is 1. The maximum Gasteiger partial charge on any atom is 0.0553 e. The molecule has 1 N–H and O–H groups in total. The zero-order valence-electron chi connectivity index (χ0n) is 11.6. The van der Waals surface area contributed by atoms with E-state index in [0.717, 1.165) is 12.2 Å². The summed E-state index contributed by atoms with van der Waals surface area (Å²) in [5.74, 6) is 0. The zero-order chi connectivity index (χ0) is 13.1. The maximum atomic E-state index is 3.46. The van der Waals surface area contributed by atoms with E-state index in [2.05, 4.69) is 79.4 Å². The molecule has 0 radical (unpaired) electrons. The molecule has 96 valence electrons. The Bertz CT molecular complexity index is 526. The molecule has 0 fully saturated rings. The molecule has 0 atom stereocenters. The molecule has 0 saturated heterocycles. The lowest BCUT2D eigenvalue weighted by Crippen LogP contribution is -2.11. The van der Waals surface area contributed by atoms with Gasteiger partial charge in [-0.3, -0.25) is 0 Å². The molecular formula is C15H21N3. The summed E-state index contributed by atoms with van der Waals surface area (Å²) in [5.41, 5.74) is 4.99. The molecule has 0 aliphatic heterocycles. The van der Waals surface area contributed by atoms with Crippen LogP contribution in [0.15, 0.2) is 36.5 Å². The third-order valence-corrected chi connectivity index (χ3v) is 3.22. The van der Waals surface area contributed by atoms with Gasteiger partial charge in [0.05, 0.1) is 6.54 Å². The topological polar surface area (TPSA) is 20.2 Å². The highest BCUT2D eigenvalue weighted by Crippen LogP contribution is 2.22. The first-order valence-electron chi connectivity index (χ1n) is 6.20. The van der Waals surface area contributed by atoms with Gasteiger partial charge in [-0.15, -0.1) is 0 Å². The van der Waals surface area contributed by atoms with E-state index in [1.807, 2.05) is 0 Å². The summed E-state index contributed by atoms with van der Waals surface area (Å²) in [6.07, 6.45) is 2.07. The van der Waals surface area contributed by atoms with Gasteiger partial charge in [0.1, 0.15) is 0 Å². The van der Waals surface area contributed by atoms with Gasteiger partial charge in [-0.25, -0.2) is 0 Å². The Morgan fingerprint density at radius 2 is 2.00 bits per heavy atom. The minimum atomic E-state index is 0.847. The summed E-state index contributed by atoms with van der Waals surface area (Å²) in [5, 5.41) is 3.46. The van der Waals surface area contributed by atoms with Crippen molar-refractivity contribution in [3.05, 3.63) is 47.8 Å². The molecule has 1 aromatic heterocycles. The van der Waals surface area contributed by atoms with Crippen molar-refractivity contribution in [3.8, 4) is 0 Å². The standard InChI is InChI=1S/C15H21N3/c1-12-7-8-13(10-15(12)17(2)3)16-11-14-6-5-9-18(14)4/h5-10,16H,11H2,1-4H3. The van der Waals surface area contributed by atoms with E-state index in [4.69, 9.17) is 0 Å². The monoisotopic (exact) mass is 243 g/mol. The Morgan fingerprint density at radius 1 is 1.22 bits per heavy atom. The Labute approximate surface area is 109 Å². The predicted octanol–water partition coefficient (Wildman–Crippen LogP) is 3.01. The van der Waals surface area contributed by atoms with Gasteiger partial charge in [-0.1, -0.05) is 6.07 Å². The van der Waals surface area contributed by atoms with E-state index in [9.17, 15) is 0 Å². The Hall–Kier alpha value is -1.90. The lowest BCUT2D eigenvalue weighted by molar-refractivity contribution is 0.842. The average molecular weight is 243 g/mol. The lowest BCUT2D eigenvalue weighted by Gasteiger charge is -2.17. The Kier molecular flexibility index (Phi) is 3.60. The van der Waals surface area contributed by atoms with Crippen molar-refractivity contribution in [2.75, 3.05) is 24.3 Å². The van der Waals surface area contributed by atoms with E-state index < -0.39 is 0 Å². The highest BCUT2D eigenvalue weighted by molar-refractivity contribution is 5.61. The Balaban J connectivity index is 2.10. The predicted molar refractivity (Wildman–Crippen MR) is 78.2 cm³/mol. The van der Waals surface area contributed by atoms with E-state index in [1.165, 1.54) is 16.9 Å². The van der Waals surface area contributed by atoms with Crippen LogP contribution in [-0.4, -0.2) is 18.7 Å². The van der Waals surface area contributed by atoms with Crippen molar-refractivity contribution >= 4 is 11.4 Å². The number of benzene rings is 1. The molecule has 0 saturated carbocycles. The van der Waals surface area contributed by atoms with Crippen LogP contribution in [0.4, 0.5) is 11.4 Å². The van der Waals surface area contributed by atoms with Gasteiger partial charge in [0.25, 0.3) is 0 Å². The van der Waals surface area contributed by atoms with E-state index in [0.29, 0.717) is 0 Å². The number of nitrogens with zero attached hydrogens (tertiary/aromatic N) is 2. The number of hydrogen-bond donors (Lipinski definition) is 1. The number of nitrogens with one attached hydrogen (secondary N) is 1. The van der Waals surface area contributed by atoms with E-state index >= 15 is 0 Å². The fourth-order valence-corrected chi connectivity index (χ4v) is 2.07. The molecule has 18 heavy (non-hydrogen) atoms. The third kappa shape index (κ3) is 2.67. The van der Waals surface area contributed by atoms with Gasteiger partial charge in [-0.2, -0.15) is 0 Å². The van der Waals surface area contributed by atoms with Crippen molar-refractivity contribution in [2.45, 2.75) is 13.5 Å². The minimum absolute atomic E-state index is 0.847. The van der Waals surface area contributed by atoms with Gasteiger partial charge in [0.2, 0.25) is 0 Å². The highest BCUT2D eigenvalue weighted by atomic mass is 15.1. The zero-order valence-corrected chi connectivity index (χ0v) is 11.6. The molecule has 2 rings (SSSR count). The van der Waals surface area contributed by atoms with Crippen LogP contribution in [-0.2, 0) is 13.6 Å². The molecule has 0 unspecified atom stereocenters. The molecule has 3 heteroatoms. The van der Waals surface area contributed by atoms with E-state index in [-0.39, 0.29) is 0 Å². The molecular weight excluding hydrogens is 222 g/mol. The molecule has 2 aromatic rings. The van der Waals surface area contributed by atoms with Crippen LogP contribution < -0.4 is 10.2 Å². The quantitative estimate of drug-likeness (QED) is 0.890. The molecule has 3 nitrogen and oxygen atoms in total. The van der Waals surface area contributed by atoms with Gasteiger partial charge >= 0.3 is 0 Å². The summed E-state index contributed by atoms with van der Waals surface area (Å²) >= 11 is 0. The molecule has 0 aliphatic carbocycles. The van der Waals surface area contributed by atoms with Crippen LogP contribution >= 0.6 is 0 Å². The van der Waals surface area contributed by atoms with Crippen molar-refractivity contribution in [2.24, 2.45) is 7.05 Å². The van der Waals surface area contributed by atoms with Gasteiger partial charge in [0, 0.05) is 44.4 Å². The van der Waals surface area contributed by atoms with Crippen LogP contribution in [0.25, 0.3) is 0 Å². The van der Waals surface area contributed by atoms with Crippen LogP contribution in [0.2, 0.25) is 0 Å². The first-order chi connectivity index (χ1) is 8.58. The SMILES string of the molecule is Cc1ccc(NCc2cccn2C)cc1N(C)C. The lowest BCUT2D eigenvalue weighted by atomic mass is 10.1. The van der Waals surface area contributed by atoms with Crippen LogP contribution in [0, 0.1) is 6.92 Å². The van der Waals surface area contributed by atoms with E-state index in [1.54, 1.807) is 0 Å². The molecule has 1 heterocycles. The van der Waals surface area contributed by atoms with Crippen LogP contribution in [0.3, 0.4) is 0 Å². The van der Waals surface area contributed by atoms with Gasteiger partial charge in [0.15, 0.2) is 0 Å². The fraction of sp³-hybridized carbons (Fsp3) is 0.333. The minimum Gasteiger partial charge on any atom is -0.379 e. The van der Waals surface area contributed by atoms with Crippen molar-refractivity contribution in [1.29, 1.82) is 0 Å².